The molecule has 0 aromatic heterocycles. The average Bonchev–Trinajstić information content (AvgIpc) is 3.37. The lowest BCUT2D eigenvalue weighted by Gasteiger charge is -2.23. The van der Waals surface area contributed by atoms with Crippen molar-refractivity contribution >= 4 is 45.3 Å². The smallest absolute Gasteiger partial charge is 0.329 e. The molecule has 8 heteroatoms. The van der Waals surface area contributed by atoms with Gasteiger partial charge in [-0.05, 0) is 75.1 Å². The zero-order valence-corrected chi connectivity index (χ0v) is 18.8. The van der Waals surface area contributed by atoms with Gasteiger partial charge in [0.05, 0.1) is 11.8 Å². The van der Waals surface area contributed by atoms with E-state index in [1.807, 2.05) is 26.0 Å². The first-order chi connectivity index (χ1) is 14.2. The molecule has 0 unspecified atom stereocenters. The van der Waals surface area contributed by atoms with E-state index >= 15 is 0 Å². The first-order valence-corrected chi connectivity index (χ1v) is 11.1. The van der Waals surface area contributed by atoms with E-state index in [9.17, 15) is 19.2 Å². The lowest BCUT2D eigenvalue weighted by molar-refractivity contribution is -0.159. The highest BCUT2D eigenvalue weighted by molar-refractivity contribution is 9.10. The van der Waals surface area contributed by atoms with Crippen LogP contribution in [0.3, 0.4) is 0 Å². The van der Waals surface area contributed by atoms with Crippen molar-refractivity contribution in [1.82, 2.24) is 4.90 Å². The van der Waals surface area contributed by atoms with Crippen LogP contribution in [0.15, 0.2) is 16.6 Å². The molecule has 30 heavy (non-hydrogen) atoms. The number of esters is 1. The molecule has 160 valence electrons. The van der Waals surface area contributed by atoms with E-state index in [1.54, 1.807) is 0 Å². The molecular weight excluding hydrogens is 452 g/mol. The molecule has 1 aromatic rings. The van der Waals surface area contributed by atoms with Crippen molar-refractivity contribution in [3.05, 3.63) is 27.7 Å². The van der Waals surface area contributed by atoms with Crippen molar-refractivity contribution in [3.63, 3.8) is 0 Å². The van der Waals surface area contributed by atoms with Crippen LogP contribution in [0.25, 0.3) is 0 Å². The standard InChI is InChI=1S/C22H25BrN2O5/c1-10-7-16(11(2)6-15(10)23)24-17(26)9-30-22(29)12(3)25-20(27)18-13-4-5-14(8-13)19(18)21(25)28/h6-7,12-14,18-19H,4-5,8-9H2,1-3H3,(H,24,26)/t12-,13-,14-,18-,19-/m0/s1. The minimum atomic E-state index is -1.03. The van der Waals surface area contributed by atoms with E-state index in [-0.39, 0.29) is 35.5 Å². The molecule has 1 N–H and O–H groups in total. The number of benzene rings is 1. The number of rotatable bonds is 5. The summed E-state index contributed by atoms with van der Waals surface area (Å²) in [6, 6.07) is 2.70. The fourth-order valence-electron chi connectivity index (χ4n) is 5.28. The summed E-state index contributed by atoms with van der Waals surface area (Å²) in [5.74, 6) is -1.78. The number of nitrogens with zero attached hydrogens (tertiary/aromatic N) is 1. The van der Waals surface area contributed by atoms with Crippen LogP contribution < -0.4 is 5.32 Å². The van der Waals surface area contributed by atoms with E-state index in [1.165, 1.54) is 6.92 Å². The third-order valence-electron chi connectivity index (χ3n) is 6.82. The van der Waals surface area contributed by atoms with Crippen LogP contribution in [-0.4, -0.2) is 41.2 Å². The Hall–Kier alpha value is -2.22. The average molecular weight is 477 g/mol. The maximum atomic E-state index is 12.8. The third-order valence-corrected chi connectivity index (χ3v) is 7.67. The zero-order chi connectivity index (χ0) is 21.7. The number of amides is 3. The van der Waals surface area contributed by atoms with Crippen LogP contribution >= 0.6 is 15.9 Å². The van der Waals surface area contributed by atoms with Crippen LogP contribution in [0, 0.1) is 37.5 Å². The van der Waals surface area contributed by atoms with E-state index in [0.29, 0.717) is 5.69 Å². The quantitative estimate of drug-likeness (QED) is 0.520. The van der Waals surface area contributed by atoms with Crippen LogP contribution in [0.1, 0.15) is 37.3 Å². The molecule has 1 saturated heterocycles. The molecule has 1 heterocycles. The summed E-state index contributed by atoms with van der Waals surface area (Å²) in [5.41, 5.74) is 2.47. The second-order valence-corrected chi connectivity index (χ2v) is 9.53. The molecule has 2 bridgehead atoms. The fraction of sp³-hybridized carbons (Fsp3) is 0.545. The minimum Gasteiger partial charge on any atom is -0.454 e. The Labute approximate surface area is 183 Å². The first-order valence-electron chi connectivity index (χ1n) is 10.3. The Bertz CT molecular complexity index is 918. The van der Waals surface area contributed by atoms with Gasteiger partial charge in [-0.2, -0.15) is 0 Å². The normalized spacial score (nSPS) is 27.9. The second kappa shape index (κ2) is 7.80. The number of hydrogen-bond donors (Lipinski definition) is 1. The number of anilines is 1. The number of halogens is 1. The van der Waals surface area contributed by atoms with Gasteiger partial charge in [0.1, 0.15) is 6.04 Å². The van der Waals surface area contributed by atoms with Crippen molar-refractivity contribution in [2.24, 2.45) is 23.7 Å². The molecule has 0 spiro atoms. The molecule has 2 aliphatic carbocycles. The van der Waals surface area contributed by atoms with Gasteiger partial charge in [-0.25, -0.2) is 4.79 Å². The maximum Gasteiger partial charge on any atom is 0.329 e. The topological polar surface area (TPSA) is 92.8 Å². The fourth-order valence-corrected chi connectivity index (χ4v) is 5.74. The Balaban J connectivity index is 1.35. The van der Waals surface area contributed by atoms with E-state index in [2.05, 4.69) is 21.2 Å². The summed E-state index contributed by atoms with van der Waals surface area (Å²) in [6.45, 7) is 4.78. The molecule has 0 radical (unpaired) electrons. The van der Waals surface area contributed by atoms with Crippen LogP contribution in [0.5, 0.6) is 0 Å². The van der Waals surface area contributed by atoms with Gasteiger partial charge < -0.3 is 10.1 Å². The Morgan fingerprint density at radius 2 is 1.73 bits per heavy atom. The van der Waals surface area contributed by atoms with Gasteiger partial charge in [-0.1, -0.05) is 15.9 Å². The molecule has 2 saturated carbocycles. The summed E-state index contributed by atoms with van der Waals surface area (Å²) >= 11 is 3.44. The number of nitrogens with one attached hydrogen (secondary N) is 1. The molecule has 3 aliphatic rings. The number of ether oxygens (including phenoxy) is 1. The highest BCUT2D eigenvalue weighted by atomic mass is 79.9. The van der Waals surface area contributed by atoms with Gasteiger partial charge in [0.2, 0.25) is 11.8 Å². The van der Waals surface area contributed by atoms with E-state index in [0.717, 1.165) is 39.8 Å². The van der Waals surface area contributed by atoms with Gasteiger partial charge in [0.15, 0.2) is 6.61 Å². The lowest BCUT2D eigenvalue weighted by Crippen LogP contribution is -2.45. The molecule has 1 aliphatic heterocycles. The van der Waals surface area contributed by atoms with E-state index < -0.39 is 24.5 Å². The molecule has 4 rings (SSSR count). The third kappa shape index (κ3) is 3.45. The Kier molecular flexibility index (Phi) is 5.46. The molecule has 1 aromatic carbocycles. The van der Waals surface area contributed by atoms with Crippen LogP contribution in [-0.2, 0) is 23.9 Å². The Morgan fingerprint density at radius 3 is 2.33 bits per heavy atom. The van der Waals surface area contributed by atoms with Gasteiger partial charge >= 0.3 is 5.97 Å². The van der Waals surface area contributed by atoms with Gasteiger partial charge in [-0.15, -0.1) is 0 Å². The predicted molar refractivity (Wildman–Crippen MR) is 112 cm³/mol. The number of imide groups is 1. The number of carbonyl (C=O) groups is 4. The van der Waals surface area contributed by atoms with Gasteiger partial charge in [0.25, 0.3) is 5.91 Å². The van der Waals surface area contributed by atoms with Crippen LogP contribution in [0.4, 0.5) is 5.69 Å². The summed E-state index contributed by atoms with van der Waals surface area (Å²) in [6.07, 6.45) is 2.90. The highest BCUT2D eigenvalue weighted by Crippen LogP contribution is 2.56. The number of likely N-dealkylation sites (tertiary alicyclic amines) is 1. The maximum absolute atomic E-state index is 12.8. The van der Waals surface area contributed by atoms with Crippen molar-refractivity contribution in [3.8, 4) is 0 Å². The number of carbonyl (C=O) groups excluding carboxylic acids is 4. The minimum absolute atomic E-state index is 0.257. The Morgan fingerprint density at radius 1 is 1.13 bits per heavy atom. The second-order valence-electron chi connectivity index (χ2n) is 8.68. The highest BCUT2D eigenvalue weighted by Gasteiger charge is 2.62. The largest absolute Gasteiger partial charge is 0.454 e. The molecular formula is C22H25BrN2O5. The van der Waals surface area contributed by atoms with Crippen molar-refractivity contribution in [2.75, 3.05) is 11.9 Å². The SMILES string of the molecule is Cc1cc(NC(=O)COC(=O)[C@H](C)N2C(=O)[C@H]3[C@H]4CC[C@@H](C4)[C@@H]3C2=O)c(C)cc1Br. The molecule has 7 nitrogen and oxygen atoms in total. The zero-order valence-electron chi connectivity index (χ0n) is 17.2. The summed E-state index contributed by atoms with van der Waals surface area (Å²) < 4.78 is 6.07. The number of aryl methyl sites for hydroxylation is 2. The van der Waals surface area contributed by atoms with Crippen molar-refractivity contribution < 1.29 is 23.9 Å². The molecule has 3 amide bonds. The summed E-state index contributed by atoms with van der Waals surface area (Å²) in [4.78, 5) is 51.5. The number of hydrogen-bond acceptors (Lipinski definition) is 5. The molecule has 5 atom stereocenters. The predicted octanol–water partition coefficient (Wildman–Crippen LogP) is 2.97. The van der Waals surface area contributed by atoms with Gasteiger partial charge in [0, 0.05) is 10.2 Å². The van der Waals surface area contributed by atoms with Crippen molar-refractivity contribution in [1.29, 1.82) is 0 Å². The first kappa shape index (κ1) is 21.0. The summed E-state index contributed by atoms with van der Waals surface area (Å²) in [7, 11) is 0. The lowest BCUT2D eigenvalue weighted by atomic mass is 9.81. The van der Waals surface area contributed by atoms with Crippen LogP contribution in [0.2, 0.25) is 0 Å². The summed E-state index contributed by atoms with van der Waals surface area (Å²) in [5, 5.41) is 2.73. The van der Waals surface area contributed by atoms with Crippen molar-refractivity contribution in [2.45, 2.75) is 46.1 Å². The number of fused-ring (bicyclic) bond motifs is 5. The monoisotopic (exact) mass is 476 g/mol. The van der Waals surface area contributed by atoms with E-state index in [4.69, 9.17) is 4.74 Å². The molecule has 3 fully saturated rings. The van der Waals surface area contributed by atoms with Gasteiger partial charge in [-0.3, -0.25) is 19.3 Å².